The van der Waals surface area contributed by atoms with Gasteiger partial charge in [-0.25, -0.2) is 0 Å². The zero-order valence-corrected chi connectivity index (χ0v) is 13.1. The number of thiophene rings is 1. The van der Waals surface area contributed by atoms with Crippen molar-refractivity contribution in [3.05, 3.63) is 56.2 Å². The number of aryl methyl sites for hydroxylation is 2. The van der Waals surface area contributed by atoms with Crippen LogP contribution in [0.3, 0.4) is 0 Å². The first-order valence-corrected chi connectivity index (χ1v) is 8.41. The van der Waals surface area contributed by atoms with Crippen LogP contribution >= 0.6 is 38.9 Å². The summed E-state index contributed by atoms with van der Waals surface area (Å²) in [7, 11) is 0. The van der Waals surface area contributed by atoms with E-state index in [0.29, 0.717) is 0 Å². The molecule has 94 valence electrons. The van der Waals surface area contributed by atoms with Crippen molar-refractivity contribution in [3.63, 3.8) is 0 Å². The zero-order valence-electron chi connectivity index (χ0n) is 9.96. The van der Waals surface area contributed by atoms with Crippen LogP contribution in [0.25, 0.3) is 0 Å². The van der Waals surface area contributed by atoms with Crippen LogP contribution < -0.4 is 0 Å². The number of benzene rings is 1. The SMILES string of the molecule is Clc1ccsc1C(Br)c1ccc2c(c1)CCCC2. The molecule has 1 aliphatic carbocycles. The van der Waals surface area contributed by atoms with Crippen molar-refractivity contribution in [3.8, 4) is 0 Å². The molecule has 0 aliphatic heterocycles. The molecule has 0 spiro atoms. The van der Waals surface area contributed by atoms with Crippen LogP contribution in [-0.2, 0) is 12.8 Å². The Bertz CT molecular complexity index is 561. The Morgan fingerprint density at radius 3 is 2.61 bits per heavy atom. The Morgan fingerprint density at radius 2 is 1.89 bits per heavy atom. The van der Waals surface area contributed by atoms with Gasteiger partial charge in [0.2, 0.25) is 0 Å². The molecule has 1 aromatic heterocycles. The number of halogens is 2. The van der Waals surface area contributed by atoms with E-state index in [4.69, 9.17) is 11.6 Å². The molecule has 2 aromatic rings. The third-order valence-corrected chi connectivity index (χ3v) is 6.25. The highest BCUT2D eigenvalue weighted by Crippen LogP contribution is 2.39. The van der Waals surface area contributed by atoms with Gasteiger partial charge in [-0.1, -0.05) is 45.7 Å². The monoisotopic (exact) mass is 340 g/mol. The van der Waals surface area contributed by atoms with Gasteiger partial charge in [0.05, 0.1) is 9.85 Å². The molecule has 1 atom stereocenters. The summed E-state index contributed by atoms with van der Waals surface area (Å²) in [6, 6.07) is 8.84. The minimum atomic E-state index is 0.220. The van der Waals surface area contributed by atoms with Crippen LogP contribution in [0.5, 0.6) is 0 Å². The molecule has 0 saturated carbocycles. The van der Waals surface area contributed by atoms with Gasteiger partial charge in [-0.15, -0.1) is 11.3 Å². The lowest BCUT2D eigenvalue weighted by atomic mass is 9.90. The number of fused-ring (bicyclic) bond motifs is 1. The predicted molar refractivity (Wildman–Crippen MR) is 83.2 cm³/mol. The van der Waals surface area contributed by atoms with Crippen molar-refractivity contribution in [2.24, 2.45) is 0 Å². The highest BCUT2D eigenvalue weighted by atomic mass is 79.9. The van der Waals surface area contributed by atoms with Gasteiger partial charge in [0.15, 0.2) is 0 Å². The maximum atomic E-state index is 6.21. The first kappa shape index (κ1) is 12.7. The summed E-state index contributed by atoms with van der Waals surface area (Å²) in [4.78, 5) is 1.42. The predicted octanol–water partition coefficient (Wildman–Crippen LogP) is 5.76. The molecule has 1 aromatic carbocycles. The van der Waals surface area contributed by atoms with Gasteiger partial charge in [-0.2, -0.15) is 0 Å². The highest BCUT2D eigenvalue weighted by Gasteiger charge is 2.17. The Labute approximate surface area is 125 Å². The molecule has 0 N–H and O–H groups in total. The molecular formula is C15H14BrClS. The van der Waals surface area contributed by atoms with E-state index in [1.807, 2.05) is 11.4 Å². The number of hydrogen-bond acceptors (Lipinski definition) is 1. The van der Waals surface area contributed by atoms with Crippen molar-refractivity contribution >= 4 is 38.9 Å². The van der Waals surface area contributed by atoms with Crippen molar-refractivity contribution in [2.45, 2.75) is 30.5 Å². The second-order valence-corrected chi connectivity index (χ2v) is 7.00. The summed E-state index contributed by atoms with van der Waals surface area (Å²) in [5.74, 6) is 0. The third-order valence-electron chi connectivity index (χ3n) is 3.54. The number of alkyl halides is 1. The van der Waals surface area contributed by atoms with Crippen molar-refractivity contribution < 1.29 is 0 Å². The zero-order chi connectivity index (χ0) is 12.5. The number of rotatable bonds is 2. The van der Waals surface area contributed by atoms with Gasteiger partial charge in [-0.3, -0.25) is 0 Å². The third kappa shape index (κ3) is 2.38. The van der Waals surface area contributed by atoms with Crippen molar-refractivity contribution in [1.29, 1.82) is 0 Å². The second-order valence-electron chi connectivity index (χ2n) is 4.73. The van der Waals surface area contributed by atoms with Gasteiger partial charge in [0.1, 0.15) is 0 Å². The molecule has 0 bridgehead atoms. The molecule has 0 amide bonds. The van der Waals surface area contributed by atoms with E-state index in [0.717, 1.165) is 5.02 Å². The van der Waals surface area contributed by atoms with Gasteiger partial charge in [0, 0.05) is 4.88 Å². The molecule has 1 heterocycles. The maximum absolute atomic E-state index is 6.21. The average Bonchev–Trinajstić information content (AvgIpc) is 2.83. The van der Waals surface area contributed by atoms with E-state index in [1.54, 1.807) is 11.3 Å². The maximum Gasteiger partial charge on any atom is 0.0753 e. The van der Waals surface area contributed by atoms with Crippen LogP contribution in [0.15, 0.2) is 29.6 Å². The summed E-state index contributed by atoms with van der Waals surface area (Å²) in [5.41, 5.74) is 4.37. The Balaban J connectivity index is 1.95. The van der Waals surface area contributed by atoms with E-state index in [-0.39, 0.29) is 4.83 Å². The van der Waals surface area contributed by atoms with Gasteiger partial charge < -0.3 is 0 Å². The summed E-state index contributed by atoms with van der Waals surface area (Å²) >= 11 is 11.7. The lowest BCUT2D eigenvalue weighted by molar-refractivity contribution is 0.684. The van der Waals surface area contributed by atoms with Gasteiger partial charge in [0.25, 0.3) is 0 Å². The first-order valence-electron chi connectivity index (χ1n) is 6.24. The minimum absolute atomic E-state index is 0.220. The minimum Gasteiger partial charge on any atom is -0.146 e. The van der Waals surface area contributed by atoms with E-state index in [2.05, 4.69) is 34.1 Å². The average molecular weight is 342 g/mol. The largest absolute Gasteiger partial charge is 0.146 e. The Hall–Kier alpha value is -0.310. The Kier molecular flexibility index (Phi) is 3.78. The summed E-state index contributed by atoms with van der Waals surface area (Å²) < 4.78 is 0. The van der Waals surface area contributed by atoms with E-state index >= 15 is 0 Å². The van der Waals surface area contributed by atoms with Crippen LogP contribution in [0.1, 0.15) is 39.2 Å². The van der Waals surface area contributed by atoms with Crippen molar-refractivity contribution in [1.82, 2.24) is 0 Å². The summed E-state index contributed by atoms with van der Waals surface area (Å²) in [6.45, 7) is 0. The topological polar surface area (TPSA) is 0 Å². The Morgan fingerprint density at radius 1 is 1.11 bits per heavy atom. The molecule has 3 rings (SSSR count). The molecule has 1 aliphatic rings. The summed E-state index contributed by atoms with van der Waals surface area (Å²) in [6.07, 6.45) is 5.12. The van der Waals surface area contributed by atoms with E-state index in [9.17, 15) is 0 Å². The van der Waals surface area contributed by atoms with E-state index in [1.165, 1.54) is 47.3 Å². The molecule has 0 radical (unpaired) electrons. The standard InChI is InChI=1S/C15H14BrClS/c16-14(15-13(17)7-8-18-15)12-6-5-10-3-1-2-4-11(10)9-12/h5-9,14H,1-4H2. The first-order chi connectivity index (χ1) is 8.75. The lowest BCUT2D eigenvalue weighted by Gasteiger charge is -2.18. The fourth-order valence-corrected chi connectivity index (χ4v) is 4.70. The molecule has 0 saturated heterocycles. The summed E-state index contributed by atoms with van der Waals surface area (Å²) in [5, 5.41) is 2.91. The van der Waals surface area contributed by atoms with Crippen LogP contribution in [0, 0.1) is 0 Å². The second kappa shape index (κ2) is 5.36. The van der Waals surface area contributed by atoms with Gasteiger partial charge >= 0.3 is 0 Å². The molecule has 1 unspecified atom stereocenters. The smallest absolute Gasteiger partial charge is 0.0753 e. The molecule has 3 heteroatoms. The van der Waals surface area contributed by atoms with Crippen LogP contribution in [0.4, 0.5) is 0 Å². The number of hydrogen-bond donors (Lipinski definition) is 0. The molecular weight excluding hydrogens is 328 g/mol. The normalized spacial score (nSPS) is 16.3. The lowest BCUT2D eigenvalue weighted by Crippen LogP contribution is -2.03. The molecule has 0 nitrogen and oxygen atoms in total. The quantitative estimate of drug-likeness (QED) is 0.609. The fraction of sp³-hybridized carbons (Fsp3) is 0.333. The van der Waals surface area contributed by atoms with E-state index < -0.39 is 0 Å². The van der Waals surface area contributed by atoms with Crippen LogP contribution in [-0.4, -0.2) is 0 Å². The highest BCUT2D eigenvalue weighted by molar-refractivity contribution is 9.09. The molecule has 0 fully saturated rings. The fourth-order valence-electron chi connectivity index (χ4n) is 2.55. The molecule has 18 heavy (non-hydrogen) atoms. The van der Waals surface area contributed by atoms with Crippen molar-refractivity contribution in [2.75, 3.05) is 0 Å². The van der Waals surface area contributed by atoms with Crippen LogP contribution in [0.2, 0.25) is 5.02 Å². The van der Waals surface area contributed by atoms with Gasteiger partial charge in [-0.05, 0) is 53.8 Å².